The zero-order chi connectivity index (χ0) is 30.9. The van der Waals surface area contributed by atoms with Crippen LogP contribution in [-0.2, 0) is 0 Å². The monoisotopic (exact) mass is 599 g/mol. The molecule has 7 nitrogen and oxygen atoms in total. The van der Waals surface area contributed by atoms with E-state index in [1.54, 1.807) is 7.05 Å². The van der Waals surface area contributed by atoms with E-state index in [1.165, 1.54) is 0 Å². The molecule has 0 saturated heterocycles. The molecule has 8 rings (SSSR count). The number of benzene rings is 6. The van der Waals surface area contributed by atoms with Gasteiger partial charge in [-0.1, -0.05) is 78.9 Å². The molecule has 0 fully saturated rings. The van der Waals surface area contributed by atoms with Gasteiger partial charge >= 0.3 is 0 Å². The first-order valence-corrected chi connectivity index (χ1v) is 15.1. The Morgan fingerprint density at radius 3 is 1.50 bits per heavy atom. The maximum absolute atomic E-state index is 6.22. The summed E-state index contributed by atoms with van der Waals surface area (Å²) in [5.74, 6) is 4.31. The fourth-order valence-electron chi connectivity index (χ4n) is 5.79. The summed E-state index contributed by atoms with van der Waals surface area (Å²) in [6.45, 7) is 0. The number of rotatable bonds is 3. The molecule has 0 unspecified atom stereocenters. The molecule has 6 aromatic carbocycles. The summed E-state index contributed by atoms with van der Waals surface area (Å²) in [7, 11) is 1.76. The Bertz CT molecular complexity index is 2020. The minimum Gasteiger partial charge on any atom is -0.453 e. The Morgan fingerprint density at radius 2 is 0.978 bits per heavy atom. The SMILES string of the molecule is C/N=C(\N=C(/Nc1ccc(N2c3ccccc3Oc3ccccc32)cc1)c1ccccc1)N1c2ccccc2Oc2ccccc21. The average Bonchev–Trinajstić information content (AvgIpc) is 3.12. The molecule has 0 atom stereocenters. The predicted molar refractivity (Wildman–Crippen MR) is 186 cm³/mol. The first-order valence-electron chi connectivity index (χ1n) is 15.1. The topological polar surface area (TPSA) is 61.7 Å². The molecule has 2 aliphatic heterocycles. The lowest BCUT2D eigenvalue weighted by Gasteiger charge is -2.32. The second-order valence-electron chi connectivity index (χ2n) is 10.8. The Balaban J connectivity index is 1.17. The van der Waals surface area contributed by atoms with E-state index >= 15 is 0 Å². The van der Waals surface area contributed by atoms with Gasteiger partial charge < -0.3 is 19.7 Å². The van der Waals surface area contributed by atoms with Gasteiger partial charge in [0.05, 0.1) is 22.7 Å². The van der Waals surface area contributed by atoms with Crippen LogP contribution in [0, 0.1) is 0 Å². The Morgan fingerprint density at radius 1 is 0.522 bits per heavy atom. The number of para-hydroxylation sites is 8. The van der Waals surface area contributed by atoms with Crippen molar-refractivity contribution < 1.29 is 9.47 Å². The number of amidine groups is 1. The van der Waals surface area contributed by atoms with Crippen LogP contribution in [0.2, 0.25) is 0 Å². The van der Waals surface area contributed by atoms with Crippen LogP contribution in [-0.4, -0.2) is 18.8 Å². The van der Waals surface area contributed by atoms with Crippen molar-refractivity contribution in [3.63, 3.8) is 0 Å². The standard InChI is InChI=1S/C39H29N5O2/c1-40-39(44-32-17-7-11-21-36(32)46-37-22-12-8-18-33(37)44)42-38(27-13-3-2-4-14-27)41-28-23-25-29(26-24-28)43-30-15-5-9-19-34(30)45-35-20-10-6-16-31(35)43/h2-26H,1H3,(H,40,41,42). The normalized spacial score (nSPS) is 13.4. The number of hydrogen-bond donors (Lipinski definition) is 1. The van der Waals surface area contributed by atoms with Crippen LogP contribution in [0.25, 0.3) is 0 Å². The van der Waals surface area contributed by atoms with Crippen molar-refractivity contribution in [2.75, 3.05) is 22.2 Å². The van der Waals surface area contributed by atoms with E-state index in [0.717, 1.165) is 62.7 Å². The van der Waals surface area contributed by atoms with Crippen LogP contribution in [0.15, 0.2) is 162 Å². The lowest BCUT2D eigenvalue weighted by atomic mass is 10.1. The van der Waals surface area contributed by atoms with Crippen molar-refractivity contribution in [2.45, 2.75) is 0 Å². The molecule has 46 heavy (non-hydrogen) atoms. The molecule has 0 radical (unpaired) electrons. The maximum Gasteiger partial charge on any atom is 0.231 e. The van der Waals surface area contributed by atoms with E-state index in [4.69, 9.17) is 14.5 Å². The van der Waals surface area contributed by atoms with Crippen molar-refractivity contribution in [1.82, 2.24) is 0 Å². The van der Waals surface area contributed by atoms with Gasteiger partial charge in [-0.05, 0) is 72.8 Å². The molecule has 0 spiro atoms. The van der Waals surface area contributed by atoms with E-state index in [2.05, 4.69) is 51.6 Å². The van der Waals surface area contributed by atoms with Crippen LogP contribution in [0.5, 0.6) is 23.0 Å². The van der Waals surface area contributed by atoms with Crippen LogP contribution in [0.1, 0.15) is 5.56 Å². The lowest BCUT2D eigenvalue weighted by Crippen LogP contribution is -2.29. The number of nitrogens with one attached hydrogen (secondary N) is 1. The summed E-state index contributed by atoms with van der Waals surface area (Å²) in [4.78, 5) is 14.1. The van der Waals surface area contributed by atoms with E-state index in [9.17, 15) is 0 Å². The molecule has 6 aromatic rings. The highest BCUT2D eigenvalue weighted by atomic mass is 16.5. The third-order valence-electron chi connectivity index (χ3n) is 7.91. The van der Waals surface area contributed by atoms with E-state index in [-0.39, 0.29) is 0 Å². The lowest BCUT2D eigenvalue weighted by molar-refractivity contribution is 0.477. The number of anilines is 6. The Labute approximate surface area is 267 Å². The van der Waals surface area contributed by atoms with E-state index in [1.807, 2.05) is 120 Å². The highest BCUT2D eigenvalue weighted by molar-refractivity contribution is 6.18. The number of nitrogens with zero attached hydrogens (tertiary/aromatic N) is 4. The van der Waals surface area contributed by atoms with Gasteiger partial charge in [0, 0.05) is 24.0 Å². The summed E-state index contributed by atoms with van der Waals surface area (Å²) in [6.07, 6.45) is 0. The number of guanidine groups is 1. The molecular formula is C39H29N5O2. The second-order valence-corrected chi connectivity index (χ2v) is 10.8. The average molecular weight is 600 g/mol. The zero-order valence-electron chi connectivity index (χ0n) is 25.0. The Hall–Kier alpha value is -6.34. The summed E-state index contributed by atoms with van der Waals surface area (Å²) in [5, 5.41) is 3.58. The summed E-state index contributed by atoms with van der Waals surface area (Å²) in [5.41, 5.74) is 6.55. The molecule has 0 aromatic heterocycles. The molecule has 0 amide bonds. The number of aliphatic imine (C=N–C) groups is 2. The van der Waals surface area contributed by atoms with Crippen molar-refractivity contribution in [3.8, 4) is 23.0 Å². The van der Waals surface area contributed by atoms with Crippen molar-refractivity contribution in [1.29, 1.82) is 0 Å². The highest BCUT2D eigenvalue weighted by Gasteiger charge is 2.28. The van der Waals surface area contributed by atoms with Gasteiger partial charge in [-0.25, -0.2) is 0 Å². The molecule has 0 aliphatic carbocycles. The van der Waals surface area contributed by atoms with Gasteiger partial charge in [-0.2, -0.15) is 4.99 Å². The summed E-state index contributed by atoms with van der Waals surface area (Å²) in [6, 6.07) is 50.5. The third kappa shape index (κ3) is 4.90. The first kappa shape index (κ1) is 27.2. The smallest absolute Gasteiger partial charge is 0.231 e. The predicted octanol–water partition coefficient (Wildman–Crippen LogP) is 10.1. The van der Waals surface area contributed by atoms with Gasteiger partial charge in [0.25, 0.3) is 0 Å². The van der Waals surface area contributed by atoms with Crippen molar-refractivity contribution in [3.05, 3.63) is 157 Å². The minimum absolute atomic E-state index is 0.521. The highest BCUT2D eigenvalue weighted by Crippen LogP contribution is 2.50. The molecule has 7 heteroatoms. The van der Waals surface area contributed by atoms with Gasteiger partial charge in [-0.3, -0.25) is 9.89 Å². The second kappa shape index (κ2) is 11.6. The van der Waals surface area contributed by atoms with Crippen LogP contribution < -0.4 is 24.6 Å². The molecule has 0 bridgehead atoms. The molecule has 2 aliphatic rings. The largest absolute Gasteiger partial charge is 0.453 e. The van der Waals surface area contributed by atoms with E-state index < -0.39 is 0 Å². The molecule has 1 N–H and O–H groups in total. The van der Waals surface area contributed by atoms with Gasteiger partial charge in [0.15, 0.2) is 23.0 Å². The van der Waals surface area contributed by atoms with Crippen LogP contribution in [0.3, 0.4) is 0 Å². The third-order valence-corrected chi connectivity index (χ3v) is 7.91. The number of hydrogen-bond acceptors (Lipinski definition) is 4. The fraction of sp³-hybridized carbons (Fsp3) is 0.0256. The molecule has 0 saturated carbocycles. The van der Waals surface area contributed by atoms with E-state index in [0.29, 0.717) is 11.8 Å². The van der Waals surface area contributed by atoms with Crippen LogP contribution >= 0.6 is 0 Å². The zero-order valence-corrected chi connectivity index (χ0v) is 25.0. The minimum atomic E-state index is 0.521. The van der Waals surface area contributed by atoms with Gasteiger partial charge in [-0.15, -0.1) is 0 Å². The number of fused-ring (bicyclic) bond motifs is 4. The Kier molecular flexibility index (Phi) is 6.88. The molecule has 2 heterocycles. The number of ether oxygens (including phenoxy) is 2. The maximum atomic E-state index is 6.22. The summed E-state index contributed by atoms with van der Waals surface area (Å²) >= 11 is 0. The summed E-state index contributed by atoms with van der Waals surface area (Å²) < 4.78 is 12.4. The van der Waals surface area contributed by atoms with Gasteiger partial charge in [0.1, 0.15) is 5.84 Å². The molecular weight excluding hydrogens is 570 g/mol. The first-order chi connectivity index (χ1) is 22.8. The quantitative estimate of drug-likeness (QED) is 0.162. The van der Waals surface area contributed by atoms with Crippen molar-refractivity contribution in [2.24, 2.45) is 9.98 Å². The molecule has 222 valence electrons. The van der Waals surface area contributed by atoms with Crippen molar-refractivity contribution >= 4 is 45.9 Å². The fourth-order valence-corrected chi connectivity index (χ4v) is 5.79. The van der Waals surface area contributed by atoms with Crippen LogP contribution in [0.4, 0.5) is 34.1 Å². The van der Waals surface area contributed by atoms with Gasteiger partial charge in [0.2, 0.25) is 5.96 Å².